The van der Waals surface area contributed by atoms with Crippen LogP contribution in [0.1, 0.15) is 5.56 Å². The van der Waals surface area contributed by atoms with Gasteiger partial charge in [-0.1, -0.05) is 0 Å². The van der Waals surface area contributed by atoms with Gasteiger partial charge in [0, 0.05) is 74.1 Å². The van der Waals surface area contributed by atoms with E-state index in [-0.39, 0.29) is 6.03 Å². The summed E-state index contributed by atoms with van der Waals surface area (Å²) in [5.74, 6) is 0.839. The molecule has 0 atom stereocenters. The number of carbonyl (C=O) groups excluding carboxylic acids is 1. The summed E-state index contributed by atoms with van der Waals surface area (Å²) in [5, 5.41) is 18.2. The predicted molar refractivity (Wildman–Crippen MR) is 119 cm³/mol. The van der Waals surface area contributed by atoms with Crippen molar-refractivity contribution in [3.05, 3.63) is 54.7 Å². The second-order valence-electron chi connectivity index (χ2n) is 7.73. The number of pyridine rings is 2. The number of amides is 2. The molecule has 0 unspecified atom stereocenters. The van der Waals surface area contributed by atoms with Crippen LogP contribution >= 0.6 is 0 Å². The van der Waals surface area contributed by atoms with Crippen molar-refractivity contribution in [3.63, 3.8) is 0 Å². The van der Waals surface area contributed by atoms with E-state index in [0.717, 1.165) is 33.6 Å². The maximum absolute atomic E-state index is 11.3. The monoisotopic (exact) mass is 427 g/mol. The Kier molecular flexibility index (Phi) is 4.71. The SMILES string of the molecule is Cn1cc(-c2cc(-c3ccc(N4CCN(C(N)=O)CC4)nc3)c3c(C#N)cnn3c2)cn1. The Morgan fingerprint density at radius 1 is 1.03 bits per heavy atom. The minimum atomic E-state index is -0.389. The van der Waals surface area contributed by atoms with Crippen LogP contribution in [0.3, 0.4) is 0 Å². The predicted octanol–water partition coefficient (Wildman–Crippen LogP) is 1.87. The Labute approximate surface area is 184 Å². The van der Waals surface area contributed by atoms with Crippen LogP contribution < -0.4 is 10.6 Å². The van der Waals surface area contributed by atoms with Gasteiger partial charge < -0.3 is 15.5 Å². The number of nitrogens with two attached hydrogens (primary N) is 1. The highest BCUT2D eigenvalue weighted by atomic mass is 16.2. The summed E-state index contributed by atoms with van der Waals surface area (Å²) in [6.07, 6.45) is 9.02. The third-order valence-corrected chi connectivity index (χ3v) is 5.74. The van der Waals surface area contributed by atoms with Crippen LogP contribution in [-0.2, 0) is 7.05 Å². The van der Waals surface area contributed by atoms with E-state index in [1.165, 1.54) is 0 Å². The highest BCUT2D eigenvalue weighted by Crippen LogP contribution is 2.32. The second-order valence-corrected chi connectivity index (χ2v) is 7.73. The van der Waals surface area contributed by atoms with Crippen LogP contribution in [0.25, 0.3) is 27.8 Å². The molecular weight excluding hydrogens is 406 g/mol. The molecule has 10 heteroatoms. The number of piperazine rings is 1. The number of nitrogens with zero attached hydrogens (tertiary/aromatic N) is 8. The molecule has 0 spiro atoms. The number of rotatable bonds is 3. The minimum absolute atomic E-state index is 0.389. The Balaban J connectivity index is 1.52. The van der Waals surface area contributed by atoms with Crippen LogP contribution in [0, 0.1) is 11.3 Å². The number of aromatic nitrogens is 5. The van der Waals surface area contributed by atoms with Crippen molar-refractivity contribution >= 4 is 17.4 Å². The van der Waals surface area contributed by atoms with Gasteiger partial charge in [0.25, 0.3) is 0 Å². The summed E-state index contributed by atoms with van der Waals surface area (Å²) in [5.41, 5.74) is 10.3. The van der Waals surface area contributed by atoms with E-state index in [1.54, 1.807) is 26.5 Å². The molecule has 1 saturated heterocycles. The molecule has 2 amide bonds. The topological polar surface area (TPSA) is 121 Å². The first kappa shape index (κ1) is 19.6. The molecule has 160 valence electrons. The van der Waals surface area contributed by atoms with Crippen molar-refractivity contribution in [1.29, 1.82) is 5.26 Å². The maximum Gasteiger partial charge on any atom is 0.314 e. The third-order valence-electron chi connectivity index (χ3n) is 5.74. The van der Waals surface area contributed by atoms with E-state index < -0.39 is 0 Å². The Bertz CT molecular complexity index is 1340. The lowest BCUT2D eigenvalue weighted by Gasteiger charge is -2.34. The van der Waals surface area contributed by atoms with E-state index in [4.69, 9.17) is 5.73 Å². The number of hydrogen-bond acceptors (Lipinski definition) is 6. The van der Waals surface area contributed by atoms with Gasteiger partial charge in [-0.05, 0) is 18.2 Å². The van der Waals surface area contributed by atoms with Gasteiger partial charge in [0.2, 0.25) is 0 Å². The molecule has 1 aliphatic heterocycles. The van der Waals surface area contributed by atoms with Gasteiger partial charge in [0.15, 0.2) is 0 Å². The molecule has 5 rings (SSSR count). The lowest BCUT2D eigenvalue weighted by Crippen LogP contribution is -2.50. The number of hydrogen-bond donors (Lipinski definition) is 1. The first-order chi connectivity index (χ1) is 15.5. The zero-order valence-corrected chi connectivity index (χ0v) is 17.5. The summed E-state index contributed by atoms with van der Waals surface area (Å²) in [4.78, 5) is 19.8. The van der Waals surface area contributed by atoms with Crippen LogP contribution in [0.2, 0.25) is 0 Å². The van der Waals surface area contributed by atoms with Crippen molar-refractivity contribution < 1.29 is 4.79 Å². The van der Waals surface area contributed by atoms with Crippen LogP contribution in [-0.4, -0.2) is 61.5 Å². The van der Waals surface area contributed by atoms with Crippen LogP contribution in [0.5, 0.6) is 0 Å². The first-order valence-corrected chi connectivity index (χ1v) is 10.2. The van der Waals surface area contributed by atoms with Crippen LogP contribution in [0.4, 0.5) is 10.6 Å². The molecule has 1 fully saturated rings. The van der Waals surface area contributed by atoms with Gasteiger partial charge in [0.05, 0.1) is 23.5 Å². The largest absolute Gasteiger partial charge is 0.353 e. The summed E-state index contributed by atoms with van der Waals surface area (Å²) < 4.78 is 3.48. The fourth-order valence-electron chi connectivity index (χ4n) is 4.04. The Morgan fingerprint density at radius 2 is 1.84 bits per heavy atom. The Morgan fingerprint density at radius 3 is 2.47 bits per heavy atom. The van der Waals surface area contributed by atoms with Gasteiger partial charge in [0.1, 0.15) is 11.9 Å². The molecule has 4 aromatic heterocycles. The summed E-state index contributed by atoms with van der Waals surface area (Å²) in [6.45, 7) is 2.51. The quantitative estimate of drug-likeness (QED) is 0.533. The number of anilines is 1. The smallest absolute Gasteiger partial charge is 0.314 e. The molecule has 5 heterocycles. The van der Waals surface area contributed by atoms with E-state index in [9.17, 15) is 10.1 Å². The molecule has 0 aromatic carbocycles. The minimum Gasteiger partial charge on any atom is -0.353 e. The van der Waals surface area contributed by atoms with Crippen molar-refractivity contribution in [2.45, 2.75) is 0 Å². The summed E-state index contributed by atoms with van der Waals surface area (Å²) in [6, 6.07) is 7.84. The third kappa shape index (κ3) is 3.39. The summed E-state index contributed by atoms with van der Waals surface area (Å²) >= 11 is 0. The van der Waals surface area contributed by atoms with Gasteiger partial charge >= 0.3 is 6.03 Å². The molecule has 4 aromatic rings. The van der Waals surface area contributed by atoms with E-state index in [1.807, 2.05) is 43.8 Å². The molecule has 0 saturated carbocycles. The number of primary amides is 1. The van der Waals surface area contributed by atoms with Crippen molar-refractivity contribution in [1.82, 2.24) is 29.3 Å². The first-order valence-electron chi connectivity index (χ1n) is 10.2. The van der Waals surface area contributed by atoms with E-state index >= 15 is 0 Å². The van der Waals surface area contributed by atoms with Gasteiger partial charge in [-0.2, -0.15) is 15.5 Å². The molecule has 10 nitrogen and oxygen atoms in total. The number of fused-ring (bicyclic) bond motifs is 1. The van der Waals surface area contributed by atoms with Gasteiger partial charge in [-0.25, -0.2) is 14.3 Å². The van der Waals surface area contributed by atoms with E-state index in [0.29, 0.717) is 31.7 Å². The number of nitriles is 1. The summed E-state index contributed by atoms with van der Waals surface area (Å²) in [7, 11) is 1.87. The molecule has 2 N–H and O–H groups in total. The van der Waals surface area contributed by atoms with Crippen molar-refractivity contribution in [2.24, 2.45) is 12.8 Å². The molecular formula is C22H21N9O. The van der Waals surface area contributed by atoms with Crippen molar-refractivity contribution in [2.75, 3.05) is 31.1 Å². The highest BCUT2D eigenvalue weighted by molar-refractivity contribution is 5.87. The molecule has 1 aliphatic rings. The fourth-order valence-corrected chi connectivity index (χ4v) is 4.04. The average Bonchev–Trinajstić information content (AvgIpc) is 3.44. The maximum atomic E-state index is 11.3. The standard InChI is InChI=1S/C22H21N9O/c1-28-13-18(12-26-28)16-8-19(21-17(9-23)11-27-31(21)14-16)15-2-3-20(25-10-15)29-4-6-30(7-5-29)22(24)32/h2-3,8,10-14H,4-7H2,1H3,(H2,24,32). The highest BCUT2D eigenvalue weighted by Gasteiger charge is 2.20. The zero-order valence-electron chi connectivity index (χ0n) is 17.5. The van der Waals surface area contributed by atoms with Gasteiger partial charge in [-0.3, -0.25) is 4.68 Å². The fraction of sp³-hybridized carbons (Fsp3) is 0.227. The molecule has 0 bridgehead atoms. The molecule has 0 aliphatic carbocycles. The average molecular weight is 427 g/mol. The molecule has 32 heavy (non-hydrogen) atoms. The van der Waals surface area contributed by atoms with Gasteiger partial charge in [-0.15, -0.1) is 0 Å². The number of urea groups is 1. The normalized spacial score (nSPS) is 14.0. The second kappa shape index (κ2) is 7.70. The molecule has 0 radical (unpaired) electrons. The van der Waals surface area contributed by atoms with Crippen LogP contribution in [0.15, 0.2) is 49.2 Å². The lowest BCUT2D eigenvalue weighted by molar-refractivity contribution is 0.204. The number of carbonyl (C=O) groups is 1. The Hall–Kier alpha value is -4.39. The number of aryl methyl sites for hydroxylation is 1. The lowest BCUT2D eigenvalue weighted by atomic mass is 10.0. The zero-order chi connectivity index (χ0) is 22.2. The van der Waals surface area contributed by atoms with Crippen molar-refractivity contribution in [3.8, 4) is 28.3 Å². The van der Waals surface area contributed by atoms with E-state index in [2.05, 4.69) is 26.2 Å².